The third-order valence-electron chi connectivity index (χ3n) is 0.835. The Hall–Kier alpha value is -0.980. The molecule has 0 aliphatic rings. The van der Waals surface area contributed by atoms with Gasteiger partial charge in [0, 0.05) is 0 Å². The molecule has 0 bridgehead atoms. The molecule has 0 amide bonds. The van der Waals surface area contributed by atoms with Gasteiger partial charge in [0.15, 0.2) is 0 Å². The molecule has 0 aromatic rings. The topological polar surface area (TPSA) is 9.23 Å². The highest BCUT2D eigenvalue weighted by atomic mass is 16.5. The van der Waals surface area contributed by atoms with Crippen LogP contribution in [0, 0.1) is 0 Å². The van der Waals surface area contributed by atoms with Crippen LogP contribution in [-0.2, 0) is 4.74 Å². The summed E-state index contributed by atoms with van der Waals surface area (Å²) in [5, 5.41) is 0. The molecule has 50 valence electrons. The molecule has 0 radical (unpaired) electrons. The van der Waals surface area contributed by atoms with Gasteiger partial charge in [-0.1, -0.05) is 12.7 Å². The summed E-state index contributed by atoms with van der Waals surface area (Å²) < 4.78 is 4.97. The van der Waals surface area contributed by atoms with Gasteiger partial charge in [0.25, 0.3) is 0 Å². The van der Waals surface area contributed by atoms with Crippen molar-refractivity contribution >= 4 is 0 Å². The van der Waals surface area contributed by atoms with E-state index in [9.17, 15) is 0 Å². The van der Waals surface area contributed by atoms with Crippen LogP contribution in [0.25, 0.3) is 0 Å². The fourth-order valence-corrected chi connectivity index (χ4v) is 0.464. The summed E-state index contributed by atoms with van der Waals surface area (Å²) in [7, 11) is 0. The smallest absolute Gasteiger partial charge is 0.121 e. The zero-order valence-electron chi connectivity index (χ0n) is 5.92. The second-order valence-corrected chi connectivity index (χ2v) is 1.48. The van der Waals surface area contributed by atoms with Crippen molar-refractivity contribution in [3.63, 3.8) is 0 Å². The molecule has 0 N–H and O–H groups in total. The van der Waals surface area contributed by atoms with E-state index in [2.05, 4.69) is 6.58 Å². The molecule has 9 heavy (non-hydrogen) atoms. The van der Waals surface area contributed by atoms with E-state index in [1.54, 1.807) is 0 Å². The monoisotopic (exact) mass is 124 g/mol. The van der Waals surface area contributed by atoms with Crippen LogP contribution in [0.1, 0.15) is 13.8 Å². The maximum absolute atomic E-state index is 4.97. The van der Waals surface area contributed by atoms with E-state index in [0.717, 1.165) is 5.76 Å². The Kier molecular flexibility index (Phi) is 4.60. The van der Waals surface area contributed by atoms with Crippen LogP contribution in [0.2, 0.25) is 0 Å². The predicted octanol–water partition coefficient (Wildman–Crippen LogP) is 2.63. The molecule has 0 saturated heterocycles. The summed E-state index contributed by atoms with van der Waals surface area (Å²) in [4.78, 5) is 0. The molecule has 1 heteroatoms. The van der Waals surface area contributed by atoms with Gasteiger partial charge in [-0.15, -0.1) is 0 Å². The number of hydrogen-bond acceptors (Lipinski definition) is 1. The lowest BCUT2D eigenvalue weighted by Crippen LogP contribution is -1.76. The van der Waals surface area contributed by atoms with Crippen LogP contribution in [0.4, 0.5) is 0 Å². The number of hydrogen-bond donors (Lipinski definition) is 0. The molecule has 1 nitrogen and oxygen atoms in total. The van der Waals surface area contributed by atoms with Crippen molar-refractivity contribution < 1.29 is 4.74 Å². The average molecular weight is 124 g/mol. The lowest BCUT2D eigenvalue weighted by Gasteiger charge is -1.96. The molecule has 0 heterocycles. The Morgan fingerprint density at radius 1 is 1.44 bits per heavy atom. The van der Waals surface area contributed by atoms with Crippen LogP contribution < -0.4 is 0 Å². The maximum Gasteiger partial charge on any atom is 0.121 e. The van der Waals surface area contributed by atoms with Crippen molar-refractivity contribution in [3.8, 4) is 0 Å². The molecule has 0 spiro atoms. The highest BCUT2D eigenvalue weighted by molar-refractivity contribution is 5.10. The van der Waals surface area contributed by atoms with Crippen molar-refractivity contribution in [1.29, 1.82) is 0 Å². The van der Waals surface area contributed by atoms with E-state index in [4.69, 9.17) is 4.74 Å². The van der Waals surface area contributed by atoms with Crippen LogP contribution in [0.15, 0.2) is 36.8 Å². The van der Waals surface area contributed by atoms with Crippen LogP contribution in [0.3, 0.4) is 0 Å². The minimum atomic E-state index is 0.826. The molecule has 0 aliphatic heterocycles. The fourth-order valence-electron chi connectivity index (χ4n) is 0.464. The second-order valence-electron chi connectivity index (χ2n) is 1.48. The van der Waals surface area contributed by atoms with E-state index in [-0.39, 0.29) is 0 Å². The van der Waals surface area contributed by atoms with Gasteiger partial charge in [0.1, 0.15) is 5.76 Å². The summed E-state index contributed by atoms with van der Waals surface area (Å²) >= 11 is 0. The SMILES string of the molecule is C=COC(=C\C)/C=C/C. The van der Waals surface area contributed by atoms with E-state index in [0.29, 0.717) is 0 Å². The Morgan fingerprint density at radius 3 is 2.44 bits per heavy atom. The minimum Gasteiger partial charge on any atom is -0.466 e. The third kappa shape index (κ3) is 3.59. The van der Waals surface area contributed by atoms with Gasteiger partial charge in [0.05, 0.1) is 6.26 Å². The maximum atomic E-state index is 4.97. The van der Waals surface area contributed by atoms with Crippen molar-refractivity contribution in [2.45, 2.75) is 13.8 Å². The quantitative estimate of drug-likeness (QED) is 0.415. The first-order chi connectivity index (χ1) is 4.35. The molecule has 0 atom stereocenters. The number of allylic oxidation sites excluding steroid dienone is 3. The summed E-state index contributed by atoms with van der Waals surface area (Å²) in [5.74, 6) is 0.826. The van der Waals surface area contributed by atoms with Crippen molar-refractivity contribution in [1.82, 2.24) is 0 Å². The molecule has 0 saturated carbocycles. The summed E-state index contributed by atoms with van der Waals surface area (Å²) in [6.45, 7) is 7.29. The molecule has 0 aromatic carbocycles. The molecular formula is C8H12O. The zero-order chi connectivity index (χ0) is 7.11. The Balaban J connectivity index is 3.84. The van der Waals surface area contributed by atoms with Crippen molar-refractivity contribution in [2.24, 2.45) is 0 Å². The molecule has 0 aromatic heterocycles. The van der Waals surface area contributed by atoms with Gasteiger partial charge in [-0.25, -0.2) is 0 Å². The highest BCUT2D eigenvalue weighted by Gasteiger charge is 1.82. The average Bonchev–Trinajstić information content (AvgIpc) is 1.88. The standard InChI is InChI=1S/C8H12O/c1-4-7-8(5-2)9-6-3/h4-7H,3H2,1-2H3/b7-4+,8-5-. The van der Waals surface area contributed by atoms with Crippen LogP contribution >= 0.6 is 0 Å². The fraction of sp³-hybridized carbons (Fsp3) is 0.250. The first-order valence-electron chi connectivity index (χ1n) is 2.91. The summed E-state index contributed by atoms with van der Waals surface area (Å²) in [6.07, 6.45) is 7.08. The number of rotatable bonds is 3. The Labute approximate surface area is 56.3 Å². The molecule has 0 rings (SSSR count). The second kappa shape index (κ2) is 5.16. The minimum absolute atomic E-state index is 0.826. The molecule has 0 aliphatic carbocycles. The zero-order valence-corrected chi connectivity index (χ0v) is 5.92. The van der Waals surface area contributed by atoms with Crippen molar-refractivity contribution in [3.05, 3.63) is 36.8 Å². The lowest BCUT2D eigenvalue weighted by atomic mass is 10.4. The van der Waals surface area contributed by atoms with Gasteiger partial charge in [-0.2, -0.15) is 0 Å². The van der Waals surface area contributed by atoms with Crippen molar-refractivity contribution in [2.75, 3.05) is 0 Å². The van der Waals surface area contributed by atoms with E-state index in [1.165, 1.54) is 6.26 Å². The molecule has 0 unspecified atom stereocenters. The van der Waals surface area contributed by atoms with E-state index in [1.807, 2.05) is 32.1 Å². The summed E-state index contributed by atoms with van der Waals surface area (Å²) in [6, 6.07) is 0. The van der Waals surface area contributed by atoms with Gasteiger partial charge >= 0.3 is 0 Å². The van der Waals surface area contributed by atoms with Gasteiger partial charge in [-0.3, -0.25) is 0 Å². The predicted molar refractivity (Wildman–Crippen MR) is 39.9 cm³/mol. The highest BCUT2D eigenvalue weighted by Crippen LogP contribution is 1.98. The van der Waals surface area contributed by atoms with E-state index < -0.39 is 0 Å². The van der Waals surface area contributed by atoms with Gasteiger partial charge in [-0.05, 0) is 26.0 Å². The number of ether oxygens (including phenoxy) is 1. The lowest BCUT2D eigenvalue weighted by molar-refractivity contribution is 0.369. The third-order valence-corrected chi connectivity index (χ3v) is 0.835. The van der Waals surface area contributed by atoms with E-state index >= 15 is 0 Å². The molecule has 0 fully saturated rings. The molecular weight excluding hydrogens is 112 g/mol. The first kappa shape index (κ1) is 8.02. The van der Waals surface area contributed by atoms with Crippen LogP contribution in [0.5, 0.6) is 0 Å². The summed E-state index contributed by atoms with van der Waals surface area (Å²) in [5.41, 5.74) is 0. The van der Waals surface area contributed by atoms with Gasteiger partial charge < -0.3 is 4.74 Å². The Morgan fingerprint density at radius 2 is 2.11 bits per heavy atom. The Bertz CT molecular complexity index is 132. The van der Waals surface area contributed by atoms with Gasteiger partial charge in [0.2, 0.25) is 0 Å². The first-order valence-corrected chi connectivity index (χ1v) is 2.91. The largest absolute Gasteiger partial charge is 0.466 e. The normalized spacial score (nSPS) is 12.0. The van der Waals surface area contributed by atoms with Crippen LogP contribution in [-0.4, -0.2) is 0 Å².